The van der Waals surface area contributed by atoms with Crippen LogP contribution in [0.5, 0.6) is 34.5 Å². The van der Waals surface area contributed by atoms with Gasteiger partial charge in [0.15, 0.2) is 0 Å². The highest BCUT2D eigenvalue weighted by Gasteiger charge is 2.52. The van der Waals surface area contributed by atoms with Crippen LogP contribution in [0.2, 0.25) is 0 Å². The highest BCUT2D eigenvalue weighted by molar-refractivity contribution is 6.98. The Bertz CT molecular complexity index is 2070. The van der Waals surface area contributed by atoms with Gasteiger partial charge in [-0.1, -0.05) is 91.0 Å². The zero-order chi connectivity index (χ0) is 26.7. The second kappa shape index (κ2) is 7.49. The van der Waals surface area contributed by atoms with Gasteiger partial charge in [-0.3, -0.25) is 0 Å². The molecule has 0 atom stereocenters. The van der Waals surface area contributed by atoms with Gasteiger partial charge >= 0.3 is 0 Å². The number of para-hydroxylation sites is 2. The summed E-state index contributed by atoms with van der Waals surface area (Å²) in [6.07, 6.45) is 0. The van der Waals surface area contributed by atoms with Gasteiger partial charge in [-0.15, -0.1) is 0 Å². The Kier molecular flexibility index (Phi) is 3.95. The number of benzene rings is 6. The summed E-state index contributed by atoms with van der Waals surface area (Å²) < 4.78 is 19.9. The third-order valence-corrected chi connectivity index (χ3v) is 9.27. The molecule has 1 aliphatic carbocycles. The zero-order valence-corrected chi connectivity index (χ0v) is 21.9. The molecule has 4 heteroatoms. The smallest absolute Gasteiger partial charge is 0.260 e. The molecule has 6 aromatic rings. The van der Waals surface area contributed by atoms with E-state index in [1.165, 1.54) is 22.3 Å². The maximum Gasteiger partial charge on any atom is 0.260 e. The average molecular weight is 524 g/mol. The molecule has 0 aromatic heterocycles. The summed E-state index contributed by atoms with van der Waals surface area (Å²) in [5.41, 5.74) is 10.1. The van der Waals surface area contributed by atoms with Crippen LogP contribution in [-0.4, -0.2) is 6.71 Å². The van der Waals surface area contributed by atoms with Gasteiger partial charge in [-0.05, 0) is 69.6 Å². The molecule has 190 valence electrons. The molecule has 3 nitrogen and oxygen atoms in total. The summed E-state index contributed by atoms with van der Waals surface area (Å²) >= 11 is 0. The molecule has 0 fully saturated rings. The Morgan fingerprint density at radius 1 is 0.390 bits per heavy atom. The normalized spacial score (nSPS) is 15.1. The monoisotopic (exact) mass is 524 g/mol. The van der Waals surface area contributed by atoms with E-state index in [9.17, 15) is 0 Å². The van der Waals surface area contributed by atoms with E-state index in [4.69, 9.17) is 14.2 Å². The summed E-state index contributed by atoms with van der Waals surface area (Å²) in [7, 11) is 0. The van der Waals surface area contributed by atoms with Crippen LogP contribution in [0, 0.1) is 0 Å². The lowest BCUT2D eigenvalue weighted by Crippen LogP contribution is -2.57. The lowest BCUT2D eigenvalue weighted by molar-refractivity contribution is 0.430. The first-order valence-electron chi connectivity index (χ1n) is 14.0. The number of rotatable bonds is 0. The molecule has 0 amide bonds. The van der Waals surface area contributed by atoms with Crippen molar-refractivity contribution in [3.63, 3.8) is 0 Å². The van der Waals surface area contributed by atoms with Crippen molar-refractivity contribution >= 4 is 23.1 Å². The molecule has 0 N–H and O–H groups in total. The first-order valence-corrected chi connectivity index (χ1v) is 14.0. The van der Waals surface area contributed by atoms with E-state index in [1.807, 2.05) is 30.3 Å². The Balaban J connectivity index is 1.31. The van der Waals surface area contributed by atoms with Crippen LogP contribution in [0.4, 0.5) is 0 Å². The quantitative estimate of drug-likeness (QED) is 0.203. The molecular formula is C37H21BO3. The number of hydrogen-bond acceptors (Lipinski definition) is 3. The fourth-order valence-corrected chi connectivity index (χ4v) is 7.73. The van der Waals surface area contributed by atoms with Gasteiger partial charge in [-0.2, -0.15) is 0 Å². The van der Waals surface area contributed by atoms with E-state index >= 15 is 0 Å². The standard InChI is InChI=1S/C37H21BO3/c1-3-12-24-22(10-1)23-11-2-4-13-25(23)37(24)26-14-5-7-16-30(26)39-34-21-29-35(20-27(34)37)41-33-19-9-18-32-36(33)38(29)28-15-6-8-17-31(28)40-32/h1-21H. The number of fused-ring (bicyclic) bond motifs is 13. The van der Waals surface area contributed by atoms with Crippen LogP contribution in [-0.2, 0) is 5.41 Å². The summed E-state index contributed by atoms with van der Waals surface area (Å²) in [6.45, 7) is -0.0138. The van der Waals surface area contributed by atoms with Crippen molar-refractivity contribution in [3.8, 4) is 45.6 Å². The zero-order valence-electron chi connectivity index (χ0n) is 21.9. The predicted molar refractivity (Wildman–Crippen MR) is 162 cm³/mol. The molecule has 0 saturated heterocycles. The van der Waals surface area contributed by atoms with Crippen molar-refractivity contribution in [3.05, 3.63) is 150 Å². The SMILES string of the molecule is c1ccc2c(c1)Oc1cccc3c1B2c1cc2c(cc1O3)C1(c3ccccc3O2)c2ccccc2-c2ccccc21. The molecule has 4 aliphatic rings. The lowest BCUT2D eigenvalue weighted by atomic mass is 9.34. The van der Waals surface area contributed by atoms with Gasteiger partial charge < -0.3 is 14.2 Å². The van der Waals surface area contributed by atoms with Crippen LogP contribution in [0.15, 0.2) is 127 Å². The van der Waals surface area contributed by atoms with Crippen molar-refractivity contribution in [1.82, 2.24) is 0 Å². The number of hydrogen-bond donors (Lipinski definition) is 0. The molecule has 0 unspecified atom stereocenters. The number of ether oxygens (including phenoxy) is 3. The van der Waals surface area contributed by atoms with Gasteiger partial charge in [0.1, 0.15) is 34.5 Å². The molecule has 1 spiro atoms. The minimum atomic E-state index is -0.522. The molecule has 0 bridgehead atoms. The average Bonchev–Trinajstić information content (AvgIpc) is 3.31. The van der Waals surface area contributed by atoms with E-state index in [2.05, 4.69) is 97.1 Å². The second-order valence-electron chi connectivity index (χ2n) is 11.2. The van der Waals surface area contributed by atoms with Crippen molar-refractivity contribution in [2.45, 2.75) is 5.41 Å². The minimum absolute atomic E-state index is 0.0138. The van der Waals surface area contributed by atoms with Gasteiger partial charge in [-0.25, -0.2) is 0 Å². The molecular weight excluding hydrogens is 503 g/mol. The van der Waals surface area contributed by atoms with E-state index in [0.29, 0.717) is 0 Å². The van der Waals surface area contributed by atoms with E-state index < -0.39 is 5.41 Å². The second-order valence-corrected chi connectivity index (χ2v) is 11.2. The van der Waals surface area contributed by atoms with Gasteiger partial charge in [0.05, 0.1) is 5.41 Å². The maximum atomic E-state index is 6.79. The van der Waals surface area contributed by atoms with E-state index in [1.54, 1.807) is 0 Å². The highest BCUT2D eigenvalue weighted by atomic mass is 16.5. The largest absolute Gasteiger partial charge is 0.458 e. The Hall–Kier alpha value is -5.22. The van der Waals surface area contributed by atoms with Gasteiger partial charge in [0.25, 0.3) is 6.71 Å². The van der Waals surface area contributed by atoms with E-state index in [0.717, 1.165) is 62.0 Å². The van der Waals surface area contributed by atoms with Crippen molar-refractivity contribution in [1.29, 1.82) is 0 Å². The van der Waals surface area contributed by atoms with Crippen molar-refractivity contribution in [2.24, 2.45) is 0 Å². The third-order valence-electron chi connectivity index (χ3n) is 9.27. The summed E-state index contributed by atoms with van der Waals surface area (Å²) in [5.74, 6) is 5.18. The highest BCUT2D eigenvalue weighted by Crippen LogP contribution is 2.62. The Labute approximate surface area is 237 Å². The summed E-state index contributed by atoms with van der Waals surface area (Å²) in [4.78, 5) is 0. The topological polar surface area (TPSA) is 27.7 Å². The Morgan fingerprint density at radius 3 is 1.71 bits per heavy atom. The van der Waals surface area contributed by atoms with Crippen molar-refractivity contribution in [2.75, 3.05) is 0 Å². The van der Waals surface area contributed by atoms with Crippen molar-refractivity contribution < 1.29 is 14.2 Å². The molecule has 3 heterocycles. The van der Waals surface area contributed by atoms with Crippen LogP contribution in [0.3, 0.4) is 0 Å². The molecule has 3 aliphatic heterocycles. The molecule has 41 heavy (non-hydrogen) atoms. The van der Waals surface area contributed by atoms with E-state index in [-0.39, 0.29) is 6.71 Å². The fourth-order valence-electron chi connectivity index (χ4n) is 7.73. The maximum absolute atomic E-state index is 6.79. The fraction of sp³-hybridized carbons (Fsp3) is 0.0270. The molecule has 10 rings (SSSR count). The van der Waals surface area contributed by atoms with Crippen LogP contribution in [0.1, 0.15) is 22.3 Å². The summed E-state index contributed by atoms with van der Waals surface area (Å²) in [5, 5.41) is 0. The third kappa shape index (κ3) is 2.56. The molecule has 0 radical (unpaired) electrons. The first kappa shape index (κ1) is 21.6. The van der Waals surface area contributed by atoms with Gasteiger partial charge in [0.2, 0.25) is 0 Å². The lowest BCUT2D eigenvalue weighted by Gasteiger charge is -2.41. The molecule has 6 aromatic carbocycles. The predicted octanol–water partition coefficient (Wildman–Crippen LogP) is 6.88. The minimum Gasteiger partial charge on any atom is -0.458 e. The Morgan fingerprint density at radius 2 is 0.951 bits per heavy atom. The van der Waals surface area contributed by atoms with Crippen LogP contribution >= 0.6 is 0 Å². The first-order chi connectivity index (χ1) is 20.3. The van der Waals surface area contributed by atoms with Crippen LogP contribution in [0.25, 0.3) is 11.1 Å². The van der Waals surface area contributed by atoms with Crippen LogP contribution < -0.4 is 30.6 Å². The van der Waals surface area contributed by atoms with Gasteiger partial charge in [0, 0.05) is 16.6 Å². The summed E-state index contributed by atoms with van der Waals surface area (Å²) in [6, 6.07) is 45.0. The molecule has 0 saturated carbocycles.